The molecule has 3 aromatic carbocycles. The summed E-state index contributed by atoms with van der Waals surface area (Å²) in [6, 6.07) is 24.4. The summed E-state index contributed by atoms with van der Waals surface area (Å²) in [7, 11) is 0. The summed E-state index contributed by atoms with van der Waals surface area (Å²) < 4.78 is 11.1. The molecule has 0 fully saturated rings. The quantitative estimate of drug-likeness (QED) is 0.441. The molecule has 4 rings (SSSR count). The molecule has 1 aliphatic rings. The number of aliphatic imine (C=N–C) groups is 1. The highest BCUT2D eigenvalue weighted by atomic mass is 35.5. The van der Waals surface area contributed by atoms with Crippen LogP contribution in [-0.4, -0.2) is 11.9 Å². The van der Waals surface area contributed by atoms with Crippen LogP contribution in [-0.2, 0) is 16.1 Å². The first-order chi connectivity index (χ1) is 13.7. The van der Waals surface area contributed by atoms with Crippen molar-refractivity contribution in [2.45, 2.75) is 6.61 Å². The molecular formula is C23H16ClNO3. The molecule has 5 heteroatoms. The fourth-order valence-corrected chi connectivity index (χ4v) is 2.94. The van der Waals surface area contributed by atoms with Crippen LogP contribution in [0, 0.1) is 0 Å². The molecule has 1 aliphatic heterocycles. The second-order valence-electron chi connectivity index (χ2n) is 6.19. The van der Waals surface area contributed by atoms with E-state index >= 15 is 0 Å². The van der Waals surface area contributed by atoms with Crippen molar-refractivity contribution in [1.82, 2.24) is 0 Å². The standard InChI is InChI=1S/C23H16ClNO3/c24-19-10-5-9-18(14-19)22-25-21(23(26)28-22)13-17-8-4-11-20(12-17)27-15-16-6-2-1-3-7-16/h1-14H,15H2/b21-13-. The molecule has 4 nitrogen and oxygen atoms in total. The van der Waals surface area contributed by atoms with Gasteiger partial charge in [-0.1, -0.05) is 60.1 Å². The summed E-state index contributed by atoms with van der Waals surface area (Å²) in [5.74, 6) is 0.462. The minimum absolute atomic E-state index is 0.232. The molecule has 0 radical (unpaired) electrons. The van der Waals surface area contributed by atoms with Gasteiger partial charge in [0, 0.05) is 10.6 Å². The molecule has 0 amide bonds. The molecule has 0 aromatic heterocycles. The van der Waals surface area contributed by atoms with Crippen molar-refractivity contribution >= 4 is 29.5 Å². The van der Waals surface area contributed by atoms with Crippen molar-refractivity contribution in [3.8, 4) is 5.75 Å². The van der Waals surface area contributed by atoms with E-state index in [0.29, 0.717) is 22.9 Å². The molecule has 138 valence electrons. The van der Waals surface area contributed by atoms with E-state index in [0.717, 1.165) is 11.1 Å². The second-order valence-corrected chi connectivity index (χ2v) is 6.63. The van der Waals surface area contributed by atoms with Crippen LogP contribution in [0.15, 0.2) is 89.6 Å². The van der Waals surface area contributed by atoms with Crippen LogP contribution < -0.4 is 4.74 Å². The molecule has 0 saturated heterocycles. The van der Waals surface area contributed by atoms with Gasteiger partial charge in [-0.3, -0.25) is 0 Å². The van der Waals surface area contributed by atoms with Crippen LogP contribution in [0.5, 0.6) is 5.75 Å². The number of hydrogen-bond acceptors (Lipinski definition) is 4. The van der Waals surface area contributed by atoms with Gasteiger partial charge < -0.3 is 9.47 Å². The molecule has 0 N–H and O–H groups in total. The monoisotopic (exact) mass is 389 g/mol. The van der Waals surface area contributed by atoms with Crippen LogP contribution in [0.2, 0.25) is 5.02 Å². The van der Waals surface area contributed by atoms with Gasteiger partial charge in [0.1, 0.15) is 12.4 Å². The van der Waals surface area contributed by atoms with Gasteiger partial charge in [0.05, 0.1) is 0 Å². The van der Waals surface area contributed by atoms with E-state index in [1.54, 1.807) is 30.3 Å². The Morgan fingerprint density at radius 3 is 2.61 bits per heavy atom. The molecule has 0 saturated carbocycles. The van der Waals surface area contributed by atoms with Gasteiger partial charge in [0.2, 0.25) is 5.90 Å². The highest BCUT2D eigenvalue weighted by Crippen LogP contribution is 2.23. The van der Waals surface area contributed by atoms with E-state index in [4.69, 9.17) is 21.1 Å². The van der Waals surface area contributed by atoms with Gasteiger partial charge >= 0.3 is 5.97 Å². The smallest absolute Gasteiger partial charge is 0.363 e. The number of nitrogens with zero attached hydrogens (tertiary/aromatic N) is 1. The van der Waals surface area contributed by atoms with Crippen LogP contribution in [0.1, 0.15) is 16.7 Å². The van der Waals surface area contributed by atoms with Gasteiger partial charge in [-0.2, -0.15) is 0 Å². The van der Waals surface area contributed by atoms with Crippen molar-refractivity contribution < 1.29 is 14.3 Å². The van der Waals surface area contributed by atoms with Crippen molar-refractivity contribution in [1.29, 1.82) is 0 Å². The van der Waals surface area contributed by atoms with Crippen molar-refractivity contribution in [2.24, 2.45) is 4.99 Å². The Morgan fingerprint density at radius 2 is 1.79 bits per heavy atom. The van der Waals surface area contributed by atoms with Crippen LogP contribution in [0.3, 0.4) is 0 Å². The summed E-state index contributed by atoms with van der Waals surface area (Å²) in [6.45, 7) is 0.472. The lowest BCUT2D eigenvalue weighted by atomic mass is 10.2. The Kier molecular flexibility index (Phi) is 5.22. The lowest BCUT2D eigenvalue weighted by Crippen LogP contribution is -2.05. The summed E-state index contributed by atoms with van der Waals surface area (Å²) in [5.41, 5.74) is 2.77. The van der Waals surface area contributed by atoms with Crippen LogP contribution >= 0.6 is 11.6 Å². The molecule has 3 aromatic rings. The Morgan fingerprint density at radius 1 is 0.964 bits per heavy atom. The third-order valence-electron chi connectivity index (χ3n) is 4.10. The zero-order valence-electron chi connectivity index (χ0n) is 14.8. The number of carbonyl (C=O) groups excluding carboxylic acids is 1. The van der Waals surface area contributed by atoms with E-state index in [9.17, 15) is 4.79 Å². The topological polar surface area (TPSA) is 47.9 Å². The van der Waals surface area contributed by atoms with E-state index in [-0.39, 0.29) is 11.6 Å². The van der Waals surface area contributed by atoms with Gasteiger partial charge in [-0.15, -0.1) is 0 Å². The van der Waals surface area contributed by atoms with Crippen molar-refractivity contribution in [2.75, 3.05) is 0 Å². The number of esters is 1. The summed E-state index contributed by atoms with van der Waals surface area (Å²) in [5, 5.41) is 0.553. The fraction of sp³-hybridized carbons (Fsp3) is 0.0435. The maximum atomic E-state index is 12.2. The van der Waals surface area contributed by atoms with Gasteiger partial charge in [0.25, 0.3) is 0 Å². The Balaban J connectivity index is 1.52. The van der Waals surface area contributed by atoms with Gasteiger partial charge in [-0.25, -0.2) is 9.79 Å². The van der Waals surface area contributed by atoms with E-state index in [1.165, 1.54) is 0 Å². The molecule has 0 atom stereocenters. The van der Waals surface area contributed by atoms with E-state index < -0.39 is 5.97 Å². The Labute approximate surface area is 167 Å². The highest BCUT2D eigenvalue weighted by Gasteiger charge is 2.24. The first-order valence-electron chi connectivity index (χ1n) is 8.73. The number of ether oxygens (including phenoxy) is 2. The Bertz CT molecular complexity index is 1070. The number of cyclic esters (lactones) is 1. The fourth-order valence-electron chi connectivity index (χ4n) is 2.75. The zero-order valence-corrected chi connectivity index (χ0v) is 15.6. The molecular weight excluding hydrogens is 374 g/mol. The number of rotatable bonds is 5. The minimum atomic E-state index is -0.495. The molecule has 28 heavy (non-hydrogen) atoms. The lowest BCUT2D eigenvalue weighted by molar-refractivity contribution is -0.129. The Hall–Kier alpha value is -3.37. The van der Waals surface area contributed by atoms with Crippen molar-refractivity contribution in [3.05, 3.63) is 106 Å². The molecule has 0 aliphatic carbocycles. The highest BCUT2D eigenvalue weighted by molar-refractivity contribution is 6.31. The first kappa shape index (κ1) is 18.0. The maximum Gasteiger partial charge on any atom is 0.363 e. The summed E-state index contributed by atoms with van der Waals surface area (Å²) in [6.07, 6.45) is 1.68. The summed E-state index contributed by atoms with van der Waals surface area (Å²) in [4.78, 5) is 16.5. The molecule has 0 spiro atoms. The summed E-state index contributed by atoms with van der Waals surface area (Å²) >= 11 is 5.99. The third-order valence-corrected chi connectivity index (χ3v) is 4.34. The average molecular weight is 390 g/mol. The average Bonchev–Trinajstić information content (AvgIpc) is 3.08. The molecule has 0 bridgehead atoms. The first-order valence-corrected chi connectivity index (χ1v) is 9.10. The normalized spacial score (nSPS) is 14.7. The second kappa shape index (κ2) is 8.11. The molecule has 0 unspecified atom stereocenters. The van der Waals surface area contributed by atoms with Crippen molar-refractivity contribution in [3.63, 3.8) is 0 Å². The maximum absolute atomic E-state index is 12.2. The van der Waals surface area contributed by atoms with E-state index in [2.05, 4.69) is 4.99 Å². The van der Waals surface area contributed by atoms with Crippen LogP contribution in [0.25, 0.3) is 6.08 Å². The molecule has 1 heterocycles. The van der Waals surface area contributed by atoms with E-state index in [1.807, 2.05) is 54.6 Å². The number of benzene rings is 3. The minimum Gasteiger partial charge on any atom is -0.489 e. The largest absolute Gasteiger partial charge is 0.489 e. The predicted octanol–water partition coefficient (Wildman–Crippen LogP) is 5.26. The zero-order chi connectivity index (χ0) is 19.3. The third kappa shape index (κ3) is 4.30. The predicted molar refractivity (Wildman–Crippen MR) is 109 cm³/mol. The lowest BCUT2D eigenvalue weighted by Gasteiger charge is -2.07. The number of hydrogen-bond donors (Lipinski definition) is 0. The number of carbonyl (C=O) groups is 1. The van der Waals surface area contributed by atoms with Gasteiger partial charge in [0.15, 0.2) is 5.70 Å². The SMILES string of the molecule is O=C1OC(c2cccc(Cl)c2)=N/C1=C\c1cccc(OCc2ccccc2)c1. The van der Waals surface area contributed by atoms with Crippen LogP contribution in [0.4, 0.5) is 0 Å². The van der Waals surface area contributed by atoms with Gasteiger partial charge in [-0.05, 0) is 47.5 Å². The number of halogens is 1.